The molecule has 0 N–H and O–H groups in total. The zero-order valence-corrected chi connectivity index (χ0v) is 11.0. The van der Waals surface area contributed by atoms with E-state index in [9.17, 15) is 0 Å². The molecule has 1 aliphatic carbocycles. The summed E-state index contributed by atoms with van der Waals surface area (Å²) in [4.78, 5) is 8.78. The third-order valence-corrected chi connectivity index (χ3v) is 3.35. The van der Waals surface area contributed by atoms with Crippen molar-refractivity contribution in [3.05, 3.63) is 42.0 Å². The summed E-state index contributed by atoms with van der Waals surface area (Å²) in [5.74, 6) is 2.89. The maximum atomic E-state index is 5.26. The normalized spacial score (nSPS) is 14.7. The molecule has 0 unspecified atom stereocenters. The molecule has 6 heteroatoms. The van der Waals surface area contributed by atoms with E-state index in [1.165, 1.54) is 0 Å². The molecule has 100 valence electrons. The van der Waals surface area contributed by atoms with Gasteiger partial charge in [-0.25, -0.2) is 9.67 Å². The molecule has 1 aromatic carbocycles. The van der Waals surface area contributed by atoms with Crippen LogP contribution in [0, 0.1) is 6.92 Å². The summed E-state index contributed by atoms with van der Waals surface area (Å²) in [6.45, 7) is 1.90. The molecule has 0 spiro atoms. The summed E-state index contributed by atoms with van der Waals surface area (Å²) in [5, 5.41) is 8.44. The van der Waals surface area contributed by atoms with E-state index in [1.807, 2.05) is 37.3 Å². The molecule has 20 heavy (non-hydrogen) atoms. The lowest BCUT2D eigenvalue weighted by molar-refractivity contribution is 0.420. The fourth-order valence-electron chi connectivity index (χ4n) is 2.13. The van der Waals surface area contributed by atoms with Crippen LogP contribution in [0.25, 0.3) is 17.4 Å². The topological polar surface area (TPSA) is 69.6 Å². The van der Waals surface area contributed by atoms with Gasteiger partial charge in [-0.1, -0.05) is 23.4 Å². The maximum Gasteiger partial charge on any atom is 0.297 e. The quantitative estimate of drug-likeness (QED) is 0.729. The first kappa shape index (κ1) is 11.3. The van der Waals surface area contributed by atoms with Crippen LogP contribution in [0.5, 0.6) is 0 Å². The number of aromatic nitrogens is 5. The van der Waals surface area contributed by atoms with E-state index in [0.29, 0.717) is 17.6 Å². The minimum absolute atomic E-state index is 0.393. The van der Waals surface area contributed by atoms with Gasteiger partial charge in [-0.3, -0.25) is 0 Å². The molecule has 0 atom stereocenters. The Bertz CT molecular complexity index is 742. The molecule has 2 heterocycles. The van der Waals surface area contributed by atoms with Crippen molar-refractivity contribution in [1.82, 2.24) is 24.9 Å². The molecule has 0 radical (unpaired) electrons. The first-order chi connectivity index (χ1) is 9.81. The van der Waals surface area contributed by atoms with Crippen molar-refractivity contribution in [1.29, 1.82) is 0 Å². The Balaban J connectivity index is 1.72. The Hall–Kier alpha value is -2.50. The summed E-state index contributed by atoms with van der Waals surface area (Å²) in [7, 11) is 0. The Morgan fingerprint density at radius 2 is 1.95 bits per heavy atom. The van der Waals surface area contributed by atoms with Crippen LogP contribution in [-0.2, 0) is 0 Å². The van der Waals surface area contributed by atoms with Gasteiger partial charge >= 0.3 is 0 Å². The molecule has 0 amide bonds. The lowest BCUT2D eigenvalue weighted by Gasteiger charge is -2.00. The average molecular weight is 267 g/mol. The number of hydrogen-bond donors (Lipinski definition) is 0. The van der Waals surface area contributed by atoms with Crippen LogP contribution < -0.4 is 0 Å². The highest BCUT2D eigenvalue weighted by Crippen LogP contribution is 2.38. The summed E-state index contributed by atoms with van der Waals surface area (Å²) in [5.41, 5.74) is 0.964. The van der Waals surface area contributed by atoms with Crippen molar-refractivity contribution in [2.24, 2.45) is 0 Å². The summed E-state index contributed by atoms with van der Waals surface area (Å²) >= 11 is 0. The van der Waals surface area contributed by atoms with Crippen molar-refractivity contribution in [3.63, 3.8) is 0 Å². The number of para-hydroxylation sites is 1. The molecule has 2 aromatic heterocycles. The third-order valence-electron chi connectivity index (χ3n) is 3.35. The number of benzene rings is 1. The molecule has 0 bridgehead atoms. The minimum Gasteiger partial charge on any atom is -0.330 e. The maximum absolute atomic E-state index is 5.26. The molecule has 1 saturated carbocycles. The molecule has 0 saturated heterocycles. The summed E-state index contributed by atoms with van der Waals surface area (Å²) in [6, 6.07) is 9.86. The fourth-order valence-corrected chi connectivity index (χ4v) is 2.13. The summed E-state index contributed by atoms with van der Waals surface area (Å²) < 4.78 is 7.03. The molecule has 6 nitrogen and oxygen atoms in total. The Labute approximate surface area is 115 Å². The molecular formula is C14H13N5O. The standard InChI is InChI=1S/C14H13N5O/c1-9-15-13(14-16-12(18-20-14)10-7-8-10)17-19(9)11-5-3-2-4-6-11/h2-6,10H,7-8H2,1H3. The Kier molecular flexibility index (Phi) is 2.42. The van der Waals surface area contributed by atoms with Crippen LogP contribution in [0.1, 0.15) is 30.4 Å². The van der Waals surface area contributed by atoms with Gasteiger partial charge in [0.15, 0.2) is 5.82 Å². The fraction of sp³-hybridized carbons (Fsp3) is 0.286. The second kappa shape index (κ2) is 4.26. The van der Waals surface area contributed by atoms with Gasteiger partial charge in [0.1, 0.15) is 5.82 Å². The first-order valence-electron chi connectivity index (χ1n) is 6.64. The van der Waals surface area contributed by atoms with Crippen LogP contribution in [0.3, 0.4) is 0 Å². The predicted octanol–water partition coefficient (Wildman–Crippen LogP) is 2.50. The third kappa shape index (κ3) is 1.89. The second-order valence-electron chi connectivity index (χ2n) is 4.96. The van der Waals surface area contributed by atoms with E-state index in [1.54, 1.807) is 4.68 Å². The molecule has 1 aliphatic rings. The van der Waals surface area contributed by atoms with Gasteiger partial charge in [0.25, 0.3) is 5.89 Å². The molecule has 3 aromatic rings. The Morgan fingerprint density at radius 1 is 1.15 bits per heavy atom. The van der Waals surface area contributed by atoms with E-state index < -0.39 is 0 Å². The SMILES string of the molecule is Cc1nc(-c2nc(C3CC3)no2)nn1-c1ccccc1. The van der Waals surface area contributed by atoms with Gasteiger partial charge in [-0.2, -0.15) is 4.98 Å². The highest BCUT2D eigenvalue weighted by atomic mass is 16.5. The number of aryl methyl sites for hydroxylation is 1. The van der Waals surface area contributed by atoms with Gasteiger partial charge in [0, 0.05) is 5.92 Å². The van der Waals surface area contributed by atoms with Gasteiger partial charge in [-0.05, 0) is 31.9 Å². The van der Waals surface area contributed by atoms with Crippen molar-refractivity contribution >= 4 is 0 Å². The van der Waals surface area contributed by atoms with Gasteiger partial charge in [-0.15, -0.1) is 5.10 Å². The van der Waals surface area contributed by atoms with E-state index in [2.05, 4.69) is 20.2 Å². The largest absolute Gasteiger partial charge is 0.330 e. The van der Waals surface area contributed by atoms with Crippen LogP contribution in [0.15, 0.2) is 34.9 Å². The van der Waals surface area contributed by atoms with E-state index >= 15 is 0 Å². The zero-order chi connectivity index (χ0) is 13.5. The number of nitrogens with zero attached hydrogens (tertiary/aromatic N) is 5. The highest BCUT2D eigenvalue weighted by Gasteiger charge is 2.29. The molecule has 1 fully saturated rings. The van der Waals surface area contributed by atoms with E-state index in [-0.39, 0.29) is 0 Å². The van der Waals surface area contributed by atoms with Crippen LogP contribution in [0.2, 0.25) is 0 Å². The number of hydrogen-bond acceptors (Lipinski definition) is 5. The van der Waals surface area contributed by atoms with Crippen molar-refractivity contribution in [3.8, 4) is 17.4 Å². The highest BCUT2D eigenvalue weighted by molar-refractivity contribution is 5.42. The van der Waals surface area contributed by atoms with Crippen molar-refractivity contribution < 1.29 is 4.52 Å². The molecule has 0 aliphatic heterocycles. The molecule has 4 rings (SSSR count). The average Bonchev–Trinajstić information content (AvgIpc) is 3.08. The van der Waals surface area contributed by atoms with Gasteiger partial charge < -0.3 is 4.52 Å². The van der Waals surface area contributed by atoms with Crippen molar-refractivity contribution in [2.75, 3.05) is 0 Å². The Morgan fingerprint density at radius 3 is 2.70 bits per heavy atom. The predicted molar refractivity (Wildman–Crippen MR) is 71.4 cm³/mol. The van der Waals surface area contributed by atoms with Gasteiger partial charge in [0.05, 0.1) is 5.69 Å². The van der Waals surface area contributed by atoms with Crippen LogP contribution in [0.4, 0.5) is 0 Å². The zero-order valence-electron chi connectivity index (χ0n) is 11.0. The lowest BCUT2D eigenvalue weighted by atomic mass is 10.3. The molecular weight excluding hydrogens is 254 g/mol. The second-order valence-corrected chi connectivity index (χ2v) is 4.96. The lowest BCUT2D eigenvalue weighted by Crippen LogP contribution is -1.98. The van der Waals surface area contributed by atoms with Gasteiger partial charge in [0.2, 0.25) is 5.82 Å². The smallest absolute Gasteiger partial charge is 0.297 e. The number of rotatable bonds is 3. The van der Waals surface area contributed by atoms with Crippen LogP contribution in [-0.4, -0.2) is 24.9 Å². The summed E-state index contributed by atoms with van der Waals surface area (Å²) in [6.07, 6.45) is 2.29. The van der Waals surface area contributed by atoms with E-state index in [0.717, 1.165) is 30.2 Å². The van der Waals surface area contributed by atoms with Crippen molar-refractivity contribution in [2.45, 2.75) is 25.7 Å². The minimum atomic E-state index is 0.393. The van der Waals surface area contributed by atoms with Crippen LogP contribution >= 0.6 is 0 Å². The monoisotopic (exact) mass is 267 g/mol. The first-order valence-corrected chi connectivity index (χ1v) is 6.64. The van der Waals surface area contributed by atoms with E-state index in [4.69, 9.17) is 4.52 Å².